The van der Waals surface area contributed by atoms with Crippen molar-refractivity contribution in [2.24, 2.45) is 0 Å². The summed E-state index contributed by atoms with van der Waals surface area (Å²) in [4.78, 5) is 17.6. The smallest absolute Gasteiger partial charge is 0.243 e. The van der Waals surface area contributed by atoms with Gasteiger partial charge in [0.25, 0.3) is 0 Å². The summed E-state index contributed by atoms with van der Waals surface area (Å²) in [6.07, 6.45) is 0. The van der Waals surface area contributed by atoms with Crippen LogP contribution in [-0.2, 0) is 14.8 Å². The van der Waals surface area contributed by atoms with Crippen molar-refractivity contribution >= 4 is 27.3 Å². The van der Waals surface area contributed by atoms with E-state index in [0.717, 1.165) is 37.6 Å². The van der Waals surface area contributed by atoms with Crippen LogP contribution >= 0.6 is 0 Å². The van der Waals surface area contributed by atoms with Crippen LogP contribution in [0.25, 0.3) is 0 Å². The molecule has 0 aromatic heterocycles. The summed E-state index contributed by atoms with van der Waals surface area (Å²) in [6.45, 7) is 11.1. The Kier molecular flexibility index (Phi) is 8.57. The third-order valence-electron chi connectivity index (χ3n) is 6.45. The number of hydrogen-bond acceptors (Lipinski definition) is 6. The number of benzene rings is 2. The van der Waals surface area contributed by atoms with Gasteiger partial charge in [0.2, 0.25) is 15.9 Å². The van der Waals surface area contributed by atoms with E-state index in [0.29, 0.717) is 24.3 Å². The summed E-state index contributed by atoms with van der Waals surface area (Å²) in [5.74, 6) is 0.692. The van der Waals surface area contributed by atoms with Crippen LogP contribution in [0.4, 0.5) is 11.4 Å². The van der Waals surface area contributed by atoms with Crippen molar-refractivity contribution in [1.29, 1.82) is 0 Å². The number of para-hydroxylation sites is 2. The zero-order valence-corrected chi connectivity index (χ0v) is 21.6. The Morgan fingerprint density at radius 3 is 2.35 bits per heavy atom. The van der Waals surface area contributed by atoms with Gasteiger partial charge in [-0.2, -0.15) is 4.31 Å². The van der Waals surface area contributed by atoms with Crippen LogP contribution in [0.3, 0.4) is 0 Å². The molecule has 186 valence electrons. The number of aryl methyl sites for hydroxylation is 1. The second-order valence-electron chi connectivity index (χ2n) is 8.43. The summed E-state index contributed by atoms with van der Waals surface area (Å²) < 4.78 is 32.9. The number of hydrogen-bond donors (Lipinski definition) is 1. The minimum atomic E-state index is -3.61. The van der Waals surface area contributed by atoms with E-state index in [2.05, 4.69) is 15.1 Å². The Labute approximate surface area is 203 Å². The maximum atomic E-state index is 13.0. The molecule has 0 saturated carbocycles. The molecule has 1 aliphatic rings. The highest BCUT2D eigenvalue weighted by atomic mass is 32.2. The molecule has 9 heteroatoms. The molecular formula is C25H36N4O4S. The van der Waals surface area contributed by atoms with Gasteiger partial charge in [0, 0.05) is 45.0 Å². The van der Waals surface area contributed by atoms with E-state index in [4.69, 9.17) is 4.74 Å². The summed E-state index contributed by atoms with van der Waals surface area (Å²) in [6, 6.07) is 12.7. The standard InChI is InChI=1S/C25H36N4O4S/c1-6-29(7-2)34(31,32)24-18-21(13-12-19(24)3)26-25(30)20(4)27-14-16-28(17-15-27)22-10-8-9-11-23(22)33-5/h8-13,18,20H,6-7,14-17H2,1-5H3,(H,26,30). The Bertz CT molecular complexity index is 1090. The number of carbonyl (C=O) groups is 1. The molecule has 0 aliphatic carbocycles. The Hall–Kier alpha value is -2.62. The molecule has 2 aromatic carbocycles. The van der Waals surface area contributed by atoms with E-state index in [1.165, 1.54) is 4.31 Å². The molecule has 1 atom stereocenters. The lowest BCUT2D eigenvalue weighted by Crippen LogP contribution is -2.52. The molecular weight excluding hydrogens is 452 g/mol. The SMILES string of the molecule is CCN(CC)S(=O)(=O)c1cc(NC(=O)C(C)N2CCN(c3ccccc3OC)CC2)ccc1C. The Balaban J connectivity index is 1.66. The molecule has 1 saturated heterocycles. The first kappa shape index (κ1) is 26.0. The first-order chi connectivity index (χ1) is 16.2. The van der Waals surface area contributed by atoms with Crippen molar-refractivity contribution in [2.45, 2.75) is 38.6 Å². The van der Waals surface area contributed by atoms with Gasteiger partial charge in [0.15, 0.2) is 0 Å². The van der Waals surface area contributed by atoms with Gasteiger partial charge in [0.05, 0.1) is 23.7 Å². The monoisotopic (exact) mass is 488 g/mol. The molecule has 0 bridgehead atoms. The second kappa shape index (κ2) is 11.2. The van der Waals surface area contributed by atoms with Crippen LogP contribution in [0, 0.1) is 6.92 Å². The second-order valence-corrected chi connectivity index (χ2v) is 10.3. The summed E-state index contributed by atoms with van der Waals surface area (Å²) >= 11 is 0. The van der Waals surface area contributed by atoms with Gasteiger partial charge in [-0.05, 0) is 43.7 Å². The number of nitrogens with one attached hydrogen (secondary N) is 1. The minimum absolute atomic E-state index is 0.152. The van der Waals surface area contributed by atoms with Crippen molar-refractivity contribution in [2.75, 3.05) is 56.6 Å². The maximum absolute atomic E-state index is 13.0. The number of nitrogens with zero attached hydrogens (tertiary/aromatic N) is 3. The number of anilines is 2. The van der Waals surface area contributed by atoms with Gasteiger partial charge in [-0.1, -0.05) is 32.0 Å². The average Bonchev–Trinajstić information content (AvgIpc) is 2.85. The molecule has 1 aliphatic heterocycles. The van der Waals surface area contributed by atoms with Gasteiger partial charge >= 0.3 is 0 Å². The average molecular weight is 489 g/mol. The molecule has 1 fully saturated rings. The number of carbonyl (C=O) groups excluding carboxylic acids is 1. The predicted molar refractivity (Wildman–Crippen MR) is 136 cm³/mol. The topological polar surface area (TPSA) is 82.2 Å². The highest BCUT2D eigenvalue weighted by Crippen LogP contribution is 2.29. The van der Waals surface area contributed by atoms with Gasteiger partial charge in [0.1, 0.15) is 5.75 Å². The first-order valence-electron chi connectivity index (χ1n) is 11.8. The highest BCUT2D eigenvalue weighted by molar-refractivity contribution is 7.89. The van der Waals surface area contributed by atoms with E-state index in [9.17, 15) is 13.2 Å². The lowest BCUT2D eigenvalue weighted by Gasteiger charge is -2.38. The number of rotatable bonds is 9. The quantitative estimate of drug-likeness (QED) is 0.584. The van der Waals surface area contributed by atoms with Crippen LogP contribution < -0.4 is 15.0 Å². The third kappa shape index (κ3) is 5.54. The van der Waals surface area contributed by atoms with E-state index >= 15 is 0 Å². The van der Waals surface area contributed by atoms with Crippen molar-refractivity contribution in [3.63, 3.8) is 0 Å². The van der Waals surface area contributed by atoms with Crippen molar-refractivity contribution in [3.8, 4) is 5.75 Å². The third-order valence-corrected chi connectivity index (χ3v) is 8.64. The first-order valence-corrected chi connectivity index (χ1v) is 13.2. The fourth-order valence-electron chi connectivity index (χ4n) is 4.31. The molecule has 1 amide bonds. The molecule has 1 N–H and O–H groups in total. The normalized spacial score (nSPS) is 15.9. The van der Waals surface area contributed by atoms with E-state index < -0.39 is 10.0 Å². The molecule has 0 radical (unpaired) electrons. The van der Waals surface area contributed by atoms with Crippen LogP contribution in [0.15, 0.2) is 47.4 Å². The molecule has 1 heterocycles. The number of amides is 1. The number of sulfonamides is 1. The molecule has 34 heavy (non-hydrogen) atoms. The summed E-state index contributed by atoms with van der Waals surface area (Å²) in [7, 11) is -1.94. The fourth-order valence-corrected chi connectivity index (χ4v) is 6.02. The summed E-state index contributed by atoms with van der Waals surface area (Å²) in [5.41, 5.74) is 2.20. The van der Waals surface area contributed by atoms with E-state index in [1.54, 1.807) is 32.2 Å². The molecule has 1 unspecified atom stereocenters. The van der Waals surface area contributed by atoms with Crippen molar-refractivity contribution < 1.29 is 17.9 Å². The lowest BCUT2D eigenvalue weighted by atomic mass is 10.1. The van der Waals surface area contributed by atoms with Crippen LogP contribution in [0.2, 0.25) is 0 Å². The van der Waals surface area contributed by atoms with E-state index in [1.807, 2.05) is 45.0 Å². The van der Waals surface area contributed by atoms with Crippen molar-refractivity contribution in [1.82, 2.24) is 9.21 Å². The Morgan fingerprint density at radius 2 is 1.74 bits per heavy atom. The van der Waals surface area contributed by atoms with Crippen LogP contribution in [-0.4, -0.2) is 76.0 Å². The highest BCUT2D eigenvalue weighted by Gasteiger charge is 2.28. The zero-order chi connectivity index (χ0) is 24.9. The molecule has 0 spiro atoms. The lowest BCUT2D eigenvalue weighted by molar-refractivity contribution is -0.120. The van der Waals surface area contributed by atoms with Gasteiger partial charge in [-0.3, -0.25) is 9.69 Å². The summed E-state index contributed by atoms with van der Waals surface area (Å²) in [5, 5.41) is 2.92. The Morgan fingerprint density at radius 1 is 1.09 bits per heavy atom. The number of methoxy groups -OCH3 is 1. The van der Waals surface area contributed by atoms with Gasteiger partial charge in [-0.25, -0.2) is 8.42 Å². The fraction of sp³-hybridized carbons (Fsp3) is 0.480. The van der Waals surface area contributed by atoms with Crippen LogP contribution in [0.5, 0.6) is 5.75 Å². The van der Waals surface area contributed by atoms with Gasteiger partial charge in [-0.15, -0.1) is 0 Å². The van der Waals surface area contributed by atoms with E-state index in [-0.39, 0.29) is 16.8 Å². The van der Waals surface area contributed by atoms with Crippen molar-refractivity contribution in [3.05, 3.63) is 48.0 Å². The van der Waals surface area contributed by atoms with Gasteiger partial charge < -0.3 is 15.0 Å². The number of ether oxygens (including phenoxy) is 1. The minimum Gasteiger partial charge on any atom is -0.495 e. The molecule has 2 aromatic rings. The largest absolute Gasteiger partial charge is 0.495 e. The van der Waals surface area contributed by atoms with Crippen LogP contribution in [0.1, 0.15) is 26.3 Å². The molecule has 3 rings (SSSR count). The predicted octanol–water partition coefficient (Wildman–Crippen LogP) is 3.18. The molecule has 8 nitrogen and oxygen atoms in total. The number of piperazine rings is 1. The maximum Gasteiger partial charge on any atom is 0.243 e. The zero-order valence-electron chi connectivity index (χ0n) is 20.7.